The van der Waals surface area contributed by atoms with Crippen molar-refractivity contribution in [2.24, 2.45) is 5.73 Å². The minimum Gasteiger partial charge on any atom is -0.323 e. The summed E-state index contributed by atoms with van der Waals surface area (Å²) in [5, 5.41) is 4.18. The van der Waals surface area contributed by atoms with E-state index in [0.29, 0.717) is 0 Å². The number of thiazole rings is 1. The second kappa shape index (κ2) is 4.72. The maximum atomic E-state index is 5.88. The zero-order valence-electron chi connectivity index (χ0n) is 10.9. The molecule has 0 saturated heterocycles. The van der Waals surface area contributed by atoms with Crippen molar-refractivity contribution in [2.75, 3.05) is 0 Å². The van der Waals surface area contributed by atoms with Crippen molar-refractivity contribution in [3.05, 3.63) is 47.1 Å². The largest absolute Gasteiger partial charge is 0.323 e. The molecule has 0 fully saturated rings. The van der Waals surface area contributed by atoms with Crippen molar-refractivity contribution in [3.63, 3.8) is 0 Å². The molecule has 1 atom stereocenters. The van der Waals surface area contributed by atoms with Crippen LogP contribution in [0.3, 0.4) is 0 Å². The predicted molar refractivity (Wildman–Crippen MR) is 80.2 cm³/mol. The lowest BCUT2D eigenvalue weighted by Crippen LogP contribution is -2.04. The summed E-state index contributed by atoms with van der Waals surface area (Å²) in [5.41, 5.74) is 9.98. The highest BCUT2D eigenvalue weighted by atomic mass is 32.1. The van der Waals surface area contributed by atoms with E-state index in [1.807, 2.05) is 37.4 Å². The predicted octanol–water partition coefficient (Wildman–Crippen LogP) is 3.69. The third-order valence-corrected chi connectivity index (χ3v) is 3.96. The van der Waals surface area contributed by atoms with Crippen LogP contribution < -0.4 is 5.73 Å². The molecule has 0 spiro atoms. The molecule has 1 aromatic carbocycles. The Kier molecular flexibility index (Phi) is 3.05. The van der Waals surface area contributed by atoms with Gasteiger partial charge in [-0.15, -0.1) is 11.3 Å². The molecule has 3 nitrogen and oxygen atoms in total. The van der Waals surface area contributed by atoms with Crippen LogP contribution in [-0.2, 0) is 0 Å². The number of rotatable bonds is 2. The van der Waals surface area contributed by atoms with E-state index in [4.69, 9.17) is 5.73 Å². The Morgan fingerprint density at radius 3 is 2.74 bits per heavy atom. The average molecular weight is 269 g/mol. The Hall–Kier alpha value is -1.78. The number of nitrogens with zero attached hydrogens (tertiary/aromatic N) is 2. The van der Waals surface area contributed by atoms with Crippen molar-refractivity contribution in [1.29, 1.82) is 0 Å². The fraction of sp³-hybridized carbons (Fsp3) is 0.200. The molecular weight excluding hydrogens is 254 g/mol. The lowest BCUT2D eigenvalue weighted by atomic mass is 10.1. The number of fused-ring (bicyclic) bond motifs is 1. The molecule has 3 rings (SSSR count). The maximum Gasteiger partial charge on any atom is 0.124 e. The first kappa shape index (κ1) is 12.3. The van der Waals surface area contributed by atoms with Crippen LogP contribution in [0.4, 0.5) is 0 Å². The number of pyridine rings is 1. The summed E-state index contributed by atoms with van der Waals surface area (Å²) in [6.07, 6.45) is 0. The summed E-state index contributed by atoms with van der Waals surface area (Å²) < 4.78 is 0. The molecule has 2 heterocycles. The summed E-state index contributed by atoms with van der Waals surface area (Å²) in [5.74, 6) is 0. The first-order valence-electron chi connectivity index (χ1n) is 6.23. The van der Waals surface area contributed by atoms with Crippen LogP contribution in [0.15, 0.2) is 35.7 Å². The number of para-hydroxylation sites is 1. The molecule has 3 aromatic rings. The van der Waals surface area contributed by atoms with Crippen LogP contribution in [-0.4, -0.2) is 9.97 Å². The number of hydrogen-bond acceptors (Lipinski definition) is 4. The van der Waals surface area contributed by atoms with Gasteiger partial charge in [-0.25, -0.2) is 4.98 Å². The van der Waals surface area contributed by atoms with Crippen molar-refractivity contribution in [3.8, 4) is 10.6 Å². The summed E-state index contributed by atoms with van der Waals surface area (Å²) in [6.45, 7) is 3.96. The lowest BCUT2D eigenvalue weighted by Gasteiger charge is -2.05. The summed E-state index contributed by atoms with van der Waals surface area (Å²) in [4.78, 5) is 9.19. The van der Waals surface area contributed by atoms with Gasteiger partial charge in [0.1, 0.15) is 5.01 Å². The smallest absolute Gasteiger partial charge is 0.124 e. The molecule has 0 amide bonds. The second-order valence-electron chi connectivity index (χ2n) is 4.69. The van der Waals surface area contributed by atoms with Gasteiger partial charge in [-0.05, 0) is 26.0 Å². The van der Waals surface area contributed by atoms with Crippen molar-refractivity contribution in [1.82, 2.24) is 9.97 Å². The lowest BCUT2D eigenvalue weighted by molar-refractivity contribution is 0.790. The highest BCUT2D eigenvalue weighted by Crippen LogP contribution is 2.31. The van der Waals surface area contributed by atoms with Gasteiger partial charge in [0.05, 0.1) is 11.2 Å². The van der Waals surface area contributed by atoms with E-state index < -0.39 is 0 Å². The van der Waals surface area contributed by atoms with Crippen LogP contribution in [0.5, 0.6) is 0 Å². The Morgan fingerprint density at radius 2 is 2.00 bits per heavy atom. The number of hydrogen-bond donors (Lipinski definition) is 1. The Labute approximate surface area is 116 Å². The average Bonchev–Trinajstić information content (AvgIpc) is 2.87. The highest BCUT2D eigenvalue weighted by Gasteiger charge is 2.11. The van der Waals surface area contributed by atoms with Crippen molar-refractivity contribution >= 4 is 22.2 Å². The maximum absolute atomic E-state index is 5.88. The van der Waals surface area contributed by atoms with Gasteiger partial charge in [0.25, 0.3) is 0 Å². The van der Waals surface area contributed by atoms with Crippen LogP contribution in [0, 0.1) is 6.92 Å². The molecule has 4 heteroatoms. The minimum atomic E-state index is -0.0285. The summed E-state index contributed by atoms with van der Waals surface area (Å²) >= 11 is 1.64. The van der Waals surface area contributed by atoms with Crippen LogP contribution in [0.25, 0.3) is 21.5 Å². The first-order valence-corrected chi connectivity index (χ1v) is 7.11. The van der Waals surface area contributed by atoms with E-state index in [1.54, 1.807) is 11.3 Å². The minimum absolute atomic E-state index is 0.0285. The van der Waals surface area contributed by atoms with E-state index in [1.165, 1.54) is 0 Å². The number of nitrogens with two attached hydrogens (primary N) is 1. The van der Waals surface area contributed by atoms with Crippen LogP contribution in [0.2, 0.25) is 0 Å². The van der Waals surface area contributed by atoms with Gasteiger partial charge >= 0.3 is 0 Å². The normalized spacial score (nSPS) is 12.8. The molecule has 1 unspecified atom stereocenters. The second-order valence-corrected chi connectivity index (χ2v) is 5.55. The molecule has 19 heavy (non-hydrogen) atoms. The third-order valence-electron chi connectivity index (χ3n) is 3.06. The van der Waals surface area contributed by atoms with Gasteiger partial charge in [-0.1, -0.05) is 18.2 Å². The van der Waals surface area contributed by atoms with Gasteiger partial charge in [0.15, 0.2) is 0 Å². The zero-order valence-corrected chi connectivity index (χ0v) is 11.7. The SMILES string of the molecule is Cc1cc(-c2nc(C(C)N)cs2)c2ccccc2n1. The third kappa shape index (κ3) is 2.25. The van der Waals surface area contributed by atoms with E-state index in [0.717, 1.165) is 32.9 Å². The fourth-order valence-corrected chi connectivity index (χ4v) is 3.06. The zero-order chi connectivity index (χ0) is 13.4. The number of aromatic nitrogens is 2. The Morgan fingerprint density at radius 1 is 1.21 bits per heavy atom. The molecule has 2 N–H and O–H groups in total. The molecule has 0 aliphatic rings. The summed E-state index contributed by atoms with van der Waals surface area (Å²) in [7, 11) is 0. The molecule has 0 saturated carbocycles. The van der Waals surface area contributed by atoms with Gasteiger partial charge in [0.2, 0.25) is 0 Å². The van der Waals surface area contributed by atoms with Gasteiger partial charge in [-0.2, -0.15) is 0 Å². The van der Waals surface area contributed by atoms with E-state index in [2.05, 4.69) is 22.1 Å². The molecule has 2 aromatic heterocycles. The Balaban J connectivity index is 2.23. The first-order chi connectivity index (χ1) is 9.15. The van der Waals surface area contributed by atoms with E-state index in [-0.39, 0.29) is 6.04 Å². The van der Waals surface area contributed by atoms with Crippen molar-refractivity contribution in [2.45, 2.75) is 19.9 Å². The van der Waals surface area contributed by atoms with Gasteiger partial charge < -0.3 is 5.73 Å². The molecule has 96 valence electrons. The molecule has 0 aliphatic carbocycles. The molecule has 0 radical (unpaired) electrons. The van der Waals surface area contributed by atoms with E-state index >= 15 is 0 Å². The molecule has 0 aliphatic heterocycles. The standard InChI is InChI=1S/C15H15N3S/c1-9-7-12(11-5-3-4-6-13(11)17-9)15-18-14(8-19-15)10(2)16/h3-8,10H,16H2,1-2H3. The van der Waals surface area contributed by atoms with Gasteiger partial charge in [-0.3, -0.25) is 4.98 Å². The fourth-order valence-electron chi connectivity index (χ4n) is 2.10. The topological polar surface area (TPSA) is 51.8 Å². The van der Waals surface area contributed by atoms with Crippen molar-refractivity contribution < 1.29 is 0 Å². The van der Waals surface area contributed by atoms with Crippen LogP contribution in [0.1, 0.15) is 24.4 Å². The quantitative estimate of drug-likeness (QED) is 0.772. The highest BCUT2D eigenvalue weighted by molar-refractivity contribution is 7.13. The van der Waals surface area contributed by atoms with Gasteiger partial charge in [0, 0.05) is 28.1 Å². The molecular formula is C15H15N3S. The van der Waals surface area contributed by atoms with Crippen LogP contribution >= 0.6 is 11.3 Å². The summed E-state index contributed by atoms with van der Waals surface area (Å²) in [6, 6.07) is 10.2. The number of aryl methyl sites for hydroxylation is 1. The van der Waals surface area contributed by atoms with E-state index in [9.17, 15) is 0 Å². The number of benzene rings is 1. The Bertz CT molecular complexity index is 731. The molecule has 0 bridgehead atoms. The monoisotopic (exact) mass is 269 g/mol.